The maximum Gasteiger partial charge on any atom is 0.257 e. The second-order valence-corrected chi connectivity index (χ2v) is 6.96. The molecule has 7 heteroatoms. The Bertz CT molecular complexity index is 1110. The van der Waals surface area contributed by atoms with Gasteiger partial charge in [-0.1, -0.05) is 42.5 Å². The molecule has 3 rings (SSSR count). The lowest BCUT2D eigenvalue weighted by atomic mass is 10.1. The summed E-state index contributed by atoms with van der Waals surface area (Å²) in [6.07, 6.45) is 2.97. The van der Waals surface area contributed by atoms with Gasteiger partial charge >= 0.3 is 0 Å². The van der Waals surface area contributed by atoms with E-state index in [9.17, 15) is 14.4 Å². The molecule has 0 radical (unpaired) electrons. The Kier molecular flexibility index (Phi) is 7.22. The highest BCUT2D eigenvalue weighted by Crippen LogP contribution is 2.11. The van der Waals surface area contributed by atoms with Crippen LogP contribution in [0.2, 0.25) is 0 Å². The van der Waals surface area contributed by atoms with E-state index in [-0.39, 0.29) is 17.7 Å². The van der Waals surface area contributed by atoms with Gasteiger partial charge in [-0.2, -0.15) is 0 Å². The number of benzene rings is 2. The van der Waals surface area contributed by atoms with E-state index in [0.717, 1.165) is 11.1 Å². The van der Waals surface area contributed by atoms with Gasteiger partial charge in [0.05, 0.1) is 7.11 Å². The van der Waals surface area contributed by atoms with Crippen LogP contribution >= 0.6 is 0 Å². The number of carbonyl (C=O) groups is 2. The molecule has 2 aromatic carbocycles. The fourth-order valence-electron chi connectivity index (χ4n) is 3.12. The van der Waals surface area contributed by atoms with Crippen LogP contribution in [0.15, 0.2) is 71.8 Å². The first-order valence-electron chi connectivity index (χ1n) is 9.99. The summed E-state index contributed by atoms with van der Waals surface area (Å²) in [5.41, 5.74) is 1.11. The first-order chi connectivity index (χ1) is 15.0. The van der Waals surface area contributed by atoms with Gasteiger partial charge in [-0.25, -0.2) is 0 Å². The van der Waals surface area contributed by atoms with Crippen molar-refractivity contribution in [1.29, 1.82) is 0 Å². The van der Waals surface area contributed by atoms with Crippen LogP contribution < -0.4 is 20.8 Å². The molecule has 0 saturated carbocycles. The summed E-state index contributed by atoms with van der Waals surface area (Å²) in [4.78, 5) is 38.1. The SMILES string of the molecule is CCNC(=O)c1cn(Cc2ccccc2)cc(C(=O)NCc2ccc(OC)cc2)c1=O. The Balaban J connectivity index is 1.87. The van der Waals surface area contributed by atoms with E-state index >= 15 is 0 Å². The molecule has 0 fully saturated rings. The summed E-state index contributed by atoms with van der Waals surface area (Å²) in [7, 11) is 1.58. The van der Waals surface area contributed by atoms with Crippen molar-refractivity contribution in [2.75, 3.05) is 13.7 Å². The number of hydrogen-bond acceptors (Lipinski definition) is 4. The summed E-state index contributed by atoms with van der Waals surface area (Å²) in [6.45, 7) is 2.81. The second kappa shape index (κ2) is 10.2. The highest BCUT2D eigenvalue weighted by Gasteiger charge is 2.19. The molecule has 0 unspecified atom stereocenters. The lowest BCUT2D eigenvalue weighted by Gasteiger charge is -2.13. The molecular formula is C24H25N3O4. The van der Waals surface area contributed by atoms with Crippen LogP contribution in [0.4, 0.5) is 0 Å². The van der Waals surface area contributed by atoms with Crippen LogP contribution in [0.25, 0.3) is 0 Å². The van der Waals surface area contributed by atoms with Crippen LogP contribution in [0.1, 0.15) is 38.8 Å². The predicted molar refractivity (Wildman–Crippen MR) is 118 cm³/mol. The Labute approximate surface area is 180 Å². The van der Waals surface area contributed by atoms with Crippen molar-refractivity contribution in [3.05, 3.63) is 99.5 Å². The van der Waals surface area contributed by atoms with E-state index in [0.29, 0.717) is 18.8 Å². The summed E-state index contributed by atoms with van der Waals surface area (Å²) in [5.74, 6) is -0.318. The quantitative estimate of drug-likeness (QED) is 0.587. The summed E-state index contributed by atoms with van der Waals surface area (Å²) in [6, 6.07) is 16.9. The van der Waals surface area contributed by atoms with Gasteiger partial charge in [-0.3, -0.25) is 14.4 Å². The minimum atomic E-state index is -0.595. The molecule has 2 N–H and O–H groups in total. The predicted octanol–water partition coefficient (Wildman–Crippen LogP) is 2.58. The van der Waals surface area contributed by atoms with Gasteiger partial charge in [0, 0.05) is 32.0 Å². The van der Waals surface area contributed by atoms with Crippen molar-refractivity contribution in [2.45, 2.75) is 20.0 Å². The van der Waals surface area contributed by atoms with Crippen molar-refractivity contribution in [3.63, 3.8) is 0 Å². The minimum Gasteiger partial charge on any atom is -0.497 e. The molecule has 1 heterocycles. The van der Waals surface area contributed by atoms with Gasteiger partial charge in [0.15, 0.2) is 0 Å². The molecule has 7 nitrogen and oxygen atoms in total. The third-order valence-corrected chi connectivity index (χ3v) is 4.73. The zero-order valence-corrected chi connectivity index (χ0v) is 17.6. The Morgan fingerprint density at radius 2 is 1.48 bits per heavy atom. The zero-order chi connectivity index (χ0) is 22.2. The fraction of sp³-hybridized carbons (Fsp3) is 0.208. The van der Waals surface area contributed by atoms with Crippen molar-refractivity contribution < 1.29 is 14.3 Å². The largest absolute Gasteiger partial charge is 0.497 e. The average Bonchev–Trinajstić information content (AvgIpc) is 2.79. The fourth-order valence-corrected chi connectivity index (χ4v) is 3.12. The molecule has 2 amide bonds. The normalized spacial score (nSPS) is 10.4. The molecule has 0 saturated heterocycles. The second-order valence-electron chi connectivity index (χ2n) is 6.96. The number of aromatic nitrogens is 1. The molecule has 0 bridgehead atoms. The molecule has 0 aliphatic heterocycles. The van der Waals surface area contributed by atoms with E-state index < -0.39 is 17.2 Å². The number of nitrogens with zero attached hydrogens (tertiary/aromatic N) is 1. The zero-order valence-electron chi connectivity index (χ0n) is 17.6. The van der Waals surface area contributed by atoms with E-state index in [2.05, 4.69) is 10.6 Å². The number of hydrogen-bond donors (Lipinski definition) is 2. The van der Waals surface area contributed by atoms with Gasteiger partial charge in [-0.05, 0) is 30.2 Å². The molecule has 0 aliphatic rings. The average molecular weight is 419 g/mol. The highest BCUT2D eigenvalue weighted by molar-refractivity contribution is 5.99. The van der Waals surface area contributed by atoms with Gasteiger partial charge in [0.1, 0.15) is 16.9 Å². The van der Waals surface area contributed by atoms with Crippen LogP contribution in [0.5, 0.6) is 5.75 Å². The number of ether oxygens (including phenoxy) is 1. The van der Waals surface area contributed by atoms with Crippen LogP contribution in [0.3, 0.4) is 0 Å². The Morgan fingerprint density at radius 1 is 0.871 bits per heavy atom. The Morgan fingerprint density at radius 3 is 2.06 bits per heavy atom. The molecule has 31 heavy (non-hydrogen) atoms. The number of nitrogens with one attached hydrogen (secondary N) is 2. The lowest BCUT2D eigenvalue weighted by molar-refractivity contribution is 0.0948. The van der Waals surface area contributed by atoms with Crippen LogP contribution in [0, 0.1) is 0 Å². The molecule has 3 aromatic rings. The van der Waals surface area contributed by atoms with E-state index in [1.54, 1.807) is 30.7 Å². The van der Waals surface area contributed by atoms with E-state index in [1.807, 2.05) is 42.5 Å². The maximum absolute atomic E-state index is 12.9. The van der Waals surface area contributed by atoms with Gasteiger partial charge in [0.2, 0.25) is 5.43 Å². The van der Waals surface area contributed by atoms with Gasteiger partial charge < -0.3 is 19.9 Å². The number of carbonyl (C=O) groups excluding carboxylic acids is 2. The number of methoxy groups -OCH3 is 1. The monoisotopic (exact) mass is 419 g/mol. The number of rotatable bonds is 8. The summed E-state index contributed by atoms with van der Waals surface area (Å²) >= 11 is 0. The van der Waals surface area contributed by atoms with Gasteiger partial charge in [0.25, 0.3) is 11.8 Å². The third kappa shape index (κ3) is 5.60. The molecule has 0 spiro atoms. The number of pyridine rings is 1. The molecular weight excluding hydrogens is 394 g/mol. The van der Waals surface area contributed by atoms with Crippen LogP contribution in [-0.4, -0.2) is 30.0 Å². The van der Waals surface area contributed by atoms with E-state index in [1.165, 1.54) is 12.4 Å². The van der Waals surface area contributed by atoms with Gasteiger partial charge in [-0.15, -0.1) is 0 Å². The highest BCUT2D eigenvalue weighted by atomic mass is 16.5. The number of amides is 2. The standard InChI is InChI=1S/C24H25N3O4/c1-3-25-23(29)20-15-27(14-18-7-5-4-6-8-18)16-21(22(20)28)24(30)26-13-17-9-11-19(31-2)12-10-17/h4-12,15-16H,3,13-14H2,1-2H3,(H,25,29)(H,26,30). The Hall–Kier alpha value is -3.87. The first kappa shape index (κ1) is 21.8. The smallest absolute Gasteiger partial charge is 0.257 e. The minimum absolute atomic E-state index is 0.0603. The summed E-state index contributed by atoms with van der Waals surface area (Å²) in [5, 5.41) is 5.39. The molecule has 0 aliphatic carbocycles. The molecule has 0 atom stereocenters. The molecule has 160 valence electrons. The topological polar surface area (TPSA) is 89.4 Å². The van der Waals surface area contributed by atoms with Crippen molar-refractivity contribution >= 4 is 11.8 Å². The summed E-state index contributed by atoms with van der Waals surface area (Å²) < 4.78 is 6.81. The van der Waals surface area contributed by atoms with Crippen molar-refractivity contribution in [2.24, 2.45) is 0 Å². The third-order valence-electron chi connectivity index (χ3n) is 4.73. The van der Waals surface area contributed by atoms with E-state index in [4.69, 9.17) is 4.74 Å². The van der Waals surface area contributed by atoms with Crippen molar-refractivity contribution in [3.8, 4) is 5.75 Å². The van der Waals surface area contributed by atoms with Crippen molar-refractivity contribution in [1.82, 2.24) is 15.2 Å². The molecule has 1 aromatic heterocycles. The maximum atomic E-state index is 12.9. The lowest BCUT2D eigenvalue weighted by Crippen LogP contribution is -2.35. The first-order valence-corrected chi connectivity index (χ1v) is 9.99. The van der Waals surface area contributed by atoms with Crippen LogP contribution in [-0.2, 0) is 13.1 Å².